The first-order valence-corrected chi connectivity index (χ1v) is 8.89. The molecule has 4 N–H and O–H groups in total. The van der Waals surface area contributed by atoms with Gasteiger partial charge in [-0.25, -0.2) is 0 Å². The van der Waals surface area contributed by atoms with E-state index in [1.54, 1.807) is 4.90 Å². The SMILES string of the molecule is C=CC(=O)N1CC[C@@H](Nc2nnc(C(N)=O)c(Nc3cc(C)cs3)n2)C1. The standard InChI is InChI=1S/C16H19N7O2S/c1-3-12(24)23-5-4-10(7-23)18-16-20-15(13(14(17)25)21-22-16)19-11-6-9(2)8-26-11/h3,6,8,10H,1,4-5,7H2,2H3,(H2,17,25)(H2,18,19,20,22)/t10-/m1/s1. The number of nitrogens with one attached hydrogen (secondary N) is 2. The van der Waals surface area contributed by atoms with E-state index >= 15 is 0 Å². The van der Waals surface area contributed by atoms with Crippen LogP contribution in [0.3, 0.4) is 0 Å². The molecule has 3 rings (SSSR count). The summed E-state index contributed by atoms with van der Waals surface area (Å²) >= 11 is 1.48. The quantitative estimate of drug-likeness (QED) is 0.651. The number of rotatable bonds is 6. The zero-order valence-corrected chi connectivity index (χ0v) is 15.0. The zero-order chi connectivity index (χ0) is 18.7. The number of aryl methyl sites for hydroxylation is 1. The third kappa shape index (κ3) is 3.97. The largest absolute Gasteiger partial charge is 0.364 e. The Morgan fingerprint density at radius 3 is 2.92 bits per heavy atom. The maximum atomic E-state index is 11.7. The predicted octanol–water partition coefficient (Wildman–Crippen LogP) is 1.28. The van der Waals surface area contributed by atoms with Crippen LogP contribution >= 0.6 is 11.3 Å². The molecule has 1 fully saturated rings. The predicted molar refractivity (Wildman–Crippen MR) is 99.5 cm³/mol. The molecule has 2 amide bonds. The van der Waals surface area contributed by atoms with Crippen molar-refractivity contribution in [3.63, 3.8) is 0 Å². The van der Waals surface area contributed by atoms with Gasteiger partial charge < -0.3 is 21.3 Å². The third-order valence-corrected chi connectivity index (χ3v) is 4.86. The fraction of sp³-hybridized carbons (Fsp3) is 0.312. The average Bonchev–Trinajstić information content (AvgIpc) is 3.23. The minimum atomic E-state index is -0.712. The summed E-state index contributed by atoms with van der Waals surface area (Å²) in [5, 5.41) is 16.8. The zero-order valence-electron chi connectivity index (χ0n) is 14.2. The summed E-state index contributed by atoms with van der Waals surface area (Å²) in [5.74, 6) is -0.304. The Morgan fingerprint density at radius 2 is 2.27 bits per heavy atom. The molecule has 3 heterocycles. The molecule has 0 bridgehead atoms. The molecule has 0 aromatic carbocycles. The van der Waals surface area contributed by atoms with E-state index in [0.717, 1.165) is 17.0 Å². The molecule has 9 nitrogen and oxygen atoms in total. The van der Waals surface area contributed by atoms with Crippen molar-refractivity contribution in [2.45, 2.75) is 19.4 Å². The van der Waals surface area contributed by atoms with Crippen LogP contribution in [0.2, 0.25) is 0 Å². The molecule has 0 aliphatic carbocycles. The van der Waals surface area contributed by atoms with Gasteiger partial charge in [0.2, 0.25) is 11.9 Å². The first kappa shape index (κ1) is 17.8. The number of carbonyl (C=O) groups excluding carboxylic acids is 2. The van der Waals surface area contributed by atoms with Crippen molar-refractivity contribution in [3.8, 4) is 0 Å². The fourth-order valence-electron chi connectivity index (χ4n) is 2.64. The van der Waals surface area contributed by atoms with Crippen molar-refractivity contribution >= 4 is 39.9 Å². The molecule has 0 radical (unpaired) electrons. The van der Waals surface area contributed by atoms with Crippen LogP contribution < -0.4 is 16.4 Å². The Balaban J connectivity index is 1.76. The number of carbonyl (C=O) groups is 2. The number of aromatic nitrogens is 3. The number of amides is 2. The van der Waals surface area contributed by atoms with Gasteiger partial charge in [0.15, 0.2) is 11.5 Å². The highest BCUT2D eigenvalue weighted by Crippen LogP contribution is 2.25. The van der Waals surface area contributed by atoms with Gasteiger partial charge in [-0.1, -0.05) is 6.58 Å². The van der Waals surface area contributed by atoms with Gasteiger partial charge in [-0.2, -0.15) is 4.98 Å². The van der Waals surface area contributed by atoms with Crippen LogP contribution in [0.1, 0.15) is 22.5 Å². The van der Waals surface area contributed by atoms with Gasteiger partial charge in [0.05, 0.1) is 5.00 Å². The topological polar surface area (TPSA) is 126 Å². The van der Waals surface area contributed by atoms with Crippen molar-refractivity contribution in [1.82, 2.24) is 20.1 Å². The Bertz CT molecular complexity index is 851. The number of nitrogens with two attached hydrogens (primary N) is 1. The van der Waals surface area contributed by atoms with Crippen LogP contribution in [0.15, 0.2) is 24.1 Å². The minimum absolute atomic E-state index is 0.00281. The van der Waals surface area contributed by atoms with Gasteiger partial charge in [0.1, 0.15) is 0 Å². The second-order valence-electron chi connectivity index (χ2n) is 5.93. The summed E-state index contributed by atoms with van der Waals surface area (Å²) in [6.07, 6.45) is 2.06. The highest BCUT2D eigenvalue weighted by atomic mass is 32.1. The lowest BCUT2D eigenvalue weighted by atomic mass is 10.3. The molecule has 1 aliphatic heterocycles. The number of anilines is 3. The molecule has 1 atom stereocenters. The van der Waals surface area contributed by atoms with Crippen molar-refractivity contribution < 1.29 is 9.59 Å². The maximum Gasteiger partial charge on any atom is 0.273 e. The Hall–Kier alpha value is -3.01. The number of nitrogens with zero attached hydrogens (tertiary/aromatic N) is 4. The Labute approximate surface area is 154 Å². The van der Waals surface area contributed by atoms with E-state index in [2.05, 4.69) is 32.4 Å². The Morgan fingerprint density at radius 1 is 1.46 bits per heavy atom. The lowest BCUT2D eigenvalue weighted by molar-refractivity contribution is -0.125. The first-order valence-electron chi connectivity index (χ1n) is 8.01. The normalized spacial score (nSPS) is 16.3. The van der Waals surface area contributed by atoms with Gasteiger partial charge in [-0.3, -0.25) is 9.59 Å². The summed E-state index contributed by atoms with van der Waals surface area (Å²) in [6.45, 7) is 6.63. The van der Waals surface area contributed by atoms with Crippen LogP contribution in [0, 0.1) is 6.92 Å². The maximum absolute atomic E-state index is 11.7. The smallest absolute Gasteiger partial charge is 0.273 e. The summed E-state index contributed by atoms with van der Waals surface area (Å²) in [7, 11) is 0. The Kier molecular flexibility index (Phi) is 5.12. The third-order valence-electron chi connectivity index (χ3n) is 3.90. The van der Waals surface area contributed by atoms with Crippen LogP contribution in [0.4, 0.5) is 16.8 Å². The molecular weight excluding hydrogens is 354 g/mol. The summed E-state index contributed by atoms with van der Waals surface area (Å²) in [6, 6.07) is 1.93. The van der Waals surface area contributed by atoms with Crippen LogP contribution in [0.25, 0.3) is 0 Å². The van der Waals surface area contributed by atoms with Crippen LogP contribution in [-0.4, -0.2) is 51.0 Å². The molecule has 2 aromatic rings. The summed E-state index contributed by atoms with van der Waals surface area (Å²) in [4.78, 5) is 29.3. The van der Waals surface area contributed by atoms with Gasteiger partial charge in [-0.15, -0.1) is 21.5 Å². The molecule has 10 heteroatoms. The van der Waals surface area contributed by atoms with Gasteiger partial charge >= 0.3 is 0 Å². The van der Waals surface area contributed by atoms with E-state index in [1.807, 2.05) is 18.4 Å². The highest BCUT2D eigenvalue weighted by Gasteiger charge is 2.26. The molecule has 0 spiro atoms. The number of hydrogen-bond acceptors (Lipinski definition) is 8. The van der Waals surface area contributed by atoms with Crippen LogP contribution in [-0.2, 0) is 4.79 Å². The molecule has 26 heavy (non-hydrogen) atoms. The summed E-state index contributed by atoms with van der Waals surface area (Å²) in [5.41, 5.74) is 6.42. The van der Waals surface area contributed by atoms with E-state index in [0.29, 0.717) is 13.1 Å². The highest BCUT2D eigenvalue weighted by molar-refractivity contribution is 7.14. The summed E-state index contributed by atoms with van der Waals surface area (Å²) < 4.78 is 0. The number of hydrogen-bond donors (Lipinski definition) is 3. The average molecular weight is 373 g/mol. The molecule has 136 valence electrons. The van der Waals surface area contributed by atoms with E-state index in [4.69, 9.17) is 5.73 Å². The van der Waals surface area contributed by atoms with Gasteiger partial charge in [-0.05, 0) is 36.4 Å². The second-order valence-corrected chi connectivity index (χ2v) is 6.84. The monoisotopic (exact) mass is 373 g/mol. The van der Waals surface area contributed by atoms with E-state index in [1.165, 1.54) is 17.4 Å². The van der Waals surface area contributed by atoms with Crippen molar-refractivity contribution in [1.29, 1.82) is 0 Å². The van der Waals surface area contributed by atoms with Gasteiger partial charge in [0, 0.05) is 19.1 Å². The molecule has 0 saturated carbocycles. The number of primary amides is 1. The van der Waals surface area contributed by atoms with Crippen molar-refractivity contribution in [3.05, 3.63) is 35.4 Å². The molecule has 0 unspecified atom stereocenters. The minimum Gasteiger partial charge on any atom is -0.364 e. The second kappa shape index (κ2) is 7.48. The van der Waals surface area contributed by atoms with E-state index in [-0.39, 0.29) is 29.4 Å². The lowest BCUT2D eigenvalue weighted by Gasteiger charge is -2.15. The molecule has 1 saturated heterocycles. The number of likely N-dealkylation sites (tertiary alicyclic amines) is 1. The fourth-order valence-corrected chi connectivity index (χ4v) is 3.43. The first-order chi connectivity index (χ1) is 12.5. The van der Waals surface area contributed by atoms with E-state index < -0.39 is 5.91 Å². The van der Waals surface area contributed by atoms with Gasteiger partial charge in [0.25, 0.3) is 5.91 Å². The van der Waals surface area contributed by atoms with Crippen LogP contribution in [0.5, 0.6) is 0 Å². The molecule has 2 aromatic heterocycles. The van der Waals surface area contributed by atoms with Crippen molar-refractivity contribution in [2.75, 3.05) is 23.7 Å². The van der Waals surface area contributed by atoms with Crippen molar-refractivity contribution in [2.24, 2.45) is 5.73 Å². The molecule has 1 aliphatic rings. The number of thiophene rings is 1. The van der Waals surface area contributed by atoms with E-state index in [9.17, 15) is 9.59 Å². The molecular formula is C16H19N7O2S. The lowest BCUT2D eigenvalue weighted by Crippen LogP contribution is -2.30.